The molecule has 0 bridgehead atoms. The maximum atomic E-state index is 13.2. The molecular weight excluding hydrogens is 426 g/mol. The summed E-state index contributed by atoms with van der Waals surface area (Å²) in [5.74, 6) is -0.493. The molecule has 5 nitrogen and oxygen atoms in total. The van der Waals surface area contributed by atoms with Gasteiger partial charge < -0.3 is 14.4 Å². The molecule has 1 aromatic carbocycles. The van der Waals surface area contributed by atoms with Gasteiger partial charge in [-0.3, -0.25) is 4.79 Å². The molecule has 1 atom stereocenters. The summed E-state index contributed by atoms with van der Waals surface area (Å²) in [5.41, 5.74) is 1.07. The van der Waals surface area contributed by atoms with Crippen LogP contribution in [0.2, 0.25) is 5.02 Å². The molecule has 2 rings (SSSR count). The lowest BCUT2D eigenvalue weighted by atomic mass is 9.71. The number of esters is 1. The summed E-state index contributed by atoms with van der Waals surface area (Å²) in [6.07, 6.45) is 3.66. The monoisotopic (exact) mass is 463 g/mol. The second-order valence-corrected chi connectivity index (χ2v) is 11.4. The second-order valence-electron chi connectivity index (χ2n) is 11.0. The average Bonchev–Trinajstić information content (AvgIpc) is 2.64. The van der Waals surface area contributed by atoms with Crippen molar-refractivity contribution < 1.29 is 19.1 Å². The first kappa shape index (κ1) is 26.4. The van der Waals surface area contributed by atoms with Crippen molar-refractivity contribution in [3.05, 3.63) is 46.1 Å². The first-order chi connectivity index (χ1) is 14.7. The lowest BCUT2D eigenvalue weighted by molar-refractivity contribution is -0.151. The number of nitrogens with zero attached hydrogens (tertiary/aromatic N) is 1. The SMILES string of the molecule is COCCN1C=C(C(=O)OC(C)(C)C)[C@](C)(c2ccc(CCC(C)(C)C)c(Cl)c2)CC1=O. The summed E-state index contributed by atoms with van der Waals surface area (Å²) in [7, 11) is 1.58. The summed E-state index contributed by atoms with van der Waals surface area (Å²) in [6.45, 7) is 14.8. The van der Waals surface area contributed by atoms with Gasteiger partial charge in [0, 0.05) is 36.7 Å². The van der Waals surface area contributed by atoms with Gasteiger partial charge in [0.15, 0.2) is 0 Å². The van der Waals surface area contributed by atoms with E-state index < -0.39 is 17.0 Å². The van der Waals surface area contributed by atoms with Gasteiger partial charge in [-0.1, -0.05) is 51.4 Å². The Balaban J connectivity index is 2.46. The molecule has 0 aliphatic carbocycles. The standard InChI is InChI=1S/C26H38ClNO4/c1-24(2,3)12-11-18-9-10-19(15-21(18)27)26(7)16-22(29)28(13-14-31-8)17-20(26)23(30)32-25(4,5)6/h9-10,15,17H,11-14,16H2,1-8H3/t26-/m0/s1. The zero-order valence-electron chi connectivity index (χ0n) is 20.8. The van der Waals surface area contributed by atoms with E-state index in [0.29, 0.717) is 23.7 Å². The fourth-order valence-corrected chi connectivity index (χ4v) is 3.99. The number of amides is 1. The number of methoxy groups -OCH3 is 1. The first-order valence-electron chi connectivity index (χ1n) is 11.2. The van der Waals surface area contributed by atoms with E-state index in [9.17, 15) is 9.59 Å². The van der Waals surface area contributed by atoms with Gasteiger partial charge >= 0.3 is 5.97 Å². The van der Waals surface area contributed by atoms with Gasteiger partial charge in [-0.25, -0.2) is 4.79 Å². The molecule has 0 saturated heterocycles. The summed E-state index contributed by atoms with van der Waals surface area (Å²) in [4.78, 5) is 27.7. The highest BCUT2D eigenvalue weighted by Gasteiger charge is 2.44. The molecule has 1 amide bonds. The second kappa shape index (κ2) is 9.96. The molecular formula is C26H38ClNO4. The van der Waals surface area contributed by atoms with Gasteiger partial charge in [0.05, 0.1) is 12.2 Å². The summed E-state index contributed by atoms with van der Waals surface area (Å²) < 4.78 is 10.8. The van der Waals surface area contributed by atoms with Crippen LogP contribution in [-0.4, -0.2) is 42.6 Å². The van der Waals surface area contributed by atoms with Crippen LogP contribution < -0.4 is 0 Å². The van der Waals surface area contributed by atoms with Crippen LogP contribution in [0.3, 0.4) is 0 Å². The first-order valence-corrected chi connectivity index (χ1v) is 11.6. The number of halogens is 1. The predicted molar refractivity (Wildman–Crippen MR) is 129 cm³/mol. The molecule has 178 valence electrons. The summed E-state index contributed by atoms with van der Waals surface area (Å²) in [5, 5.41) is 0.658. The van der Waals surface area contributed by atoms with Gasteiger partial charge in [-0.05, 0) is 56.2 Å². The summed E-state index contributed by atoms with van der Waals surface area (Å²) in [6, 6.07) is 5.90. The Hall–Kier alpha value is -1.85. The highest BCUT2D eigenvalue weighted by molar-refractivity contribution is 6.31. The Labute approximate surface area is 198 Å². The molecule has 0 N–H and O–H groups in total. The number of benzene rings is 1. The van der Waals surface area contributed by atoms with E-state index in [1.54, 1.807) is 18.2 Å². The minimum absolute atomic E-state index is 0.0650. The fraction of sp³-hybridized carbons (Fsp3) is 0.615. The molecule has 0 saturated carbocycles. The Kier molecular flexibility index (Phi) is 8.22. The Morgan fingerprint density at radius 1 is 1.19 bits per heavy atom. The van der Waals surface area contributed by atoms with E-state index in [1.807, 2.05) is 45.9 Å². The topological polar surface area (TPSA) is 55.8 Å². The van der Waals surface area contributed by atoms with Crippen LogP contribution in [0.4, 0.5) is 0 Å². The lowest BCUT2D eigenvalue weighted by Gasteiger charge is -2.39. The smallest absolute Gasteiger partial charge is 0.336 e. The highest BCUT2D eigenvalue weighted by Crippen LogP contribution is 2.42. The van der Waals surface area contributed by atoms with Crippen LogP contribution in [0.5, 0.6) is 0 Å². The average molecular weight is 464 g/mol. The van der Waals surface area contributed by atoms with Crippen molar-refractivity contribution >= 4 is 23.5 Å². The van der Waals surface area contributed by atoms with Crippen molar-refractivity contribution in [1.82, 2.24) is 4.90 Å². The quantitative estimate of drug-likeness (QED) is 0.488. The Morgan fingerprint density at radius 3 is 2.38 bits per heavy atom. The maximum absolute atomic E-state index is 13.2. The number of carbonyl (C=O) groups excluding carboxylic acids is 2. The Bertz CT molecular complexity index is 879. The van der Waals surface area contributed by atoms with E-state index in [-0.39, 0.29) is 17.7 Å². The van der Waals surface area contributed by atoms with Crippen molar-refractivity contribution in [2.45, 2.75) is 78.7 Å². The van der Waals surface area contributed by atoms with Gasteiger partial charge in [0.2, 0.25) is 5.91 Å². The van der Waals surface area contributed by atoms with Crippen molar-refractivity contribution in [1.29, 1.82) is 0 Å². The van der Waals surface area contributed by atoms with Crippen molar-refractivity contribution in [3.8, 4) is 0 Å². The fourth-order valence-electron chi connectivity index (χ4n) is 3.72. The van der Waals surface area contributed by atoms with E-state index in [1.165, 1.54) is 0 Å². The van der Waals surface area contributed by atoms with Crippen LogP contribution in [0, 0.1) is 5.41 Å². The van der Waals surface area contributed by atoms with Crippen LogP contribution in [0.25, 0.3) is 0 Å². The molecule has 0 unspecified atom stereocenters. The van der Waals surface area contributed by atoms with Crippen molar-refractivity contribution in [2.75, 3.05) is 20.3 Å². The lowest BCUT2D eigenvalue weighted by Crippen LogP contribution is -2.45. The molecule has 32 heavy (non-hydrogen) atoms. The number of aryl methyl sites for hydroxylation is 1. The third kappa shape index (κ3) is 6.82. The predicted octanol–water partition coefficient (Wildman–Crippen LogP) is 5.68. The van der Waals surface area contributed by atoms with E-state index in [2.05, 4.69) is 20.8 Å². The molecule has 0 radical (unpaired) electrons. The van der Waals surface area contributed by atoms with Crippen LogP contribution in [-0.2, 0) is 30.9 Å². The Morgan fingerprint density at radius 2 is 1.84 bits per heavy atom. The van der Waals surface area contributed by atoms with E-state index in [4.69, 9.17) is 21.1 Å². The number of hydrogen-bond acceptors (Lipinski definition) is 4. The number of ether oxygens (including phenoxy) is 2. The molecule has 1 heterocycles. The normalized spacial score (nSPS) is 19.7. The number of hydrogen-bond donors (Lipinski definition) is 0. The minimum Gasteiger partial charge on any atom is -0.457 e. The van der Waals surface area contributed by atoms with Crippen LogP contribution in [0.15, 0.2) is 30.0 Å². The maximum Gasteiger partial charge on any atom is 0.336 e. The molecule has 0 aromatic heterocycles. The third-order valence-electron chi connectivity index (χ3n) is 5.69. The zero-order chi connectivity index (χ0) is 24.3. The molecule has 1 aliphatic heterocycles. The van der Waals surface area contributed by atoms with Crippen molar-refractivity contribution in [2.24, 2.45) is 5.41 Å². The number of rotatable bonds is 7. The van der Waals surface area contributed by atoms with Gasteiger partial charge in [-0.15, -0.1) is 0 Å². The minimum atomic E-state index is -0.838. The van der Waals surface area contributed by atoms with Gasteiger partial charge in [-0.2, -0.15) is 0 Å². The van der Waals surface area contributed by atoms with Crippen molar-refractivity contribution in [3.63, 3.8) is 0 Å². The molecule has 1 aromatic rings. The van der Waals surface area contributed by atoms with E-state index in [0.717, 1.165) is 24.0 Å². The van der Waals surface area contributed by atoms with Gasteiger partial charge in [0.25, 0.3) is 0 Å². The largest absolute Gasteiger partial charge is 0.457 e. The highest BCUT2D eigenvalue weighted by atomic mass is 35.5. The zero-order valence-corrected chi connectivity index (χ0v) is 21.6. The van der Waals surface area contributed by atoms with Crippen LogP contribution in [0.1, 0.15) is 72.4 Å². The molecule has 0 spiro atoms. The van der Waals surface area contributed by atoms with Gasteiger partial charge in [0.1, 0.15) is 5.60 Å². The third-order valence-corrected chi connectivity index (χ3v) is 6.05. The summed E-state index contributed by atoms with van der Waals surface area (Å²) >= 11 is 6.66. The molecule has 6 heteroatoms. The molecule has 1 aliphatic rings. The van der Waals surface area contributed by atoms with Crippen LogP contribution >= 0.6 is 11.6 Å². The van der Waals surface area contributed by atoms with E-state index >= 15 is 0 Å². The number of carbonyl (C=O) groups is 2. The molecule has 0 fully saturated rings.